The van der Waals surface area contributed by atoms with Gasteiger partial charge in [-0.15, -0.1) is 35.5 Å². The number of rotatable bonds is 6. The van der Waals surface area contributed by atoms with Crippen molar-refractivity contribution in [3.8, 4) is 0 Å². The fourth-order valence-electron chi connectivity index (χ4n) is 4.60. The van der Waals surface area contributed by atoms with Gasteiger partial charge in [0.25, 0.3) is 0 Å². The van der Waals surface area contributed by atoms with Crippen molar-refractivity contribution in [3.05, 3.63) is 35.2 Å². The molecule has 0 saturated carbocycles. The number of piperidine rings is 1. The van der Waals surface area contributed by atoms with Crippen molar-refractivity contribution in [1.82, 2.24) is 9.80 Å². The van der Waals surface area contributed by atoms with Gasteiger partial charge in [0.2, 0.25) is 5.91 Å². The summed E-state index contributed by atoms with van der Waals surface area (Å²) < 4.78 is 1.18. The van der Waals surface area contributed by atoms with E-state index >= 15 is 0 Å². The van der Waals surface area contributed by atoms with Crippen LogP contribution in [-0.4, -0.2) is 52.0 Å². The largest absolute Gasteiger partial charge is 0.330 e. The summed E-state index contributed by atoms with van der Waals surface area (Å²) in [7, 11) is 0. The normalized spacial score (nSPS) is 22.9. The highest BCUT2D eigenvalue weighted by Crippen LogP contribution is 2.40. The van der Waals surface area contributed by atoms with Crippen LogP contribution < -0.4 is 0 Å². The molecule has 0 aliphatic carbocycles. The average molecular weight is 453 g/mol. The summed E-state index contributed by atoms with van der Waals surface area (Å²) in [4.78, 5) is 18.7. The molecule has 4 rings (SSSR count). The minimum absolute atomic E-state index is 0. The number of thioether (sulfide) groups is 1. The molecular formula is C23H33ClN2OS2. The molecule has 3 nitrogen and oxygen atoms in total. The summed E-state index contributed by atoms with van der Waals surface area (Å²) in [5, 5.41) is 1.72. The number of fused-ring (bicyclic) bond motifs is 1. The summed E-state index contributed by atoms with van der Waals surface area (Å²) in [6.45, 7) is 10.8. The molecule has 0 spiro atoms. The van der Waals surface area contributed by atoms with Crippen LogP contribution >= 0.6 is 35.5 Å². The van der Waals surface area contributed by atoms with Crippen molar-refractivity contribution in [2.24, 2.45) is 0 Å². The lowest BCUT2D eigenvalue weighted by molar-refractivity contribution is -0.131. The van der Waals surface area contributed by atoms with E-state index in [-0.39, 0.29) is 17.2 Å². The molecule has 1 aromatic heterocycles. The third-order valence-corrected chi connectivity index (χ3v) is 8.88. The number of nitrogens with zero attached hydrogens (tertiary/aromatic N) is 2. The van der Waals surface area contributed by atoms with E-state index in [4.69, 9.17) is 0 Å². The highest BCUT2D eigenvalue weighted by Gasteiger charge is 2.43. The first-order valence-corrected chi connectivity index (χ1v) is 12.3. The van der Waals surface area contributed by atoms with Crippen molar-refractivity contribution in [2.75, 3.05) is 26.2 Å². The predicted molar refractivity (Wildman–Crippen MR) is 130 cm³/mol. The second kappa shape index (κ2) is 9.59. The van der Waals surface area contributed by atoms with Gasteiger partial charge in [-0.05, 0) is 89.5 Å². The van der Waals surface area contributed by atoms with E-state index in [0.717, 1.165) is 18.9 Å². The minimum atomic E-state index is -0.242. The summed E-state index contributed by atoms with van der Waals surface area (Å²) in [6, 6.07) is 11.2. The molecule has 0 bridgehead atoms. The van der Waals surface area contributed by atoms with E-state index in [0.29, 0.717) is 11.3 Å². The summed E-state index contributed by atoms with van der Waals surface area (Å²) in [6.07, 6.45) is 4.86. The lowest BCUT2D eigenvalue weighted by Crippen LogP contribution is -2.38. The molecule has 1 unspecified atom stereocenters. The molecule has 2 aromatic rings. The molecule has 1 atom stereocenters. The van der Waals surface area contributed by atoms with Crippen molar-refractivity contribution in [3.63, 3.8) is 0 Å². The molecule has 29 heavy (non-hydrogen) atoms. The van der Waals surface area contributed by atoms with Crippen molar-refractivity contribution in [2.45, 2.75) is 62.5 Å². The number of likely N-dealkylation sites (tertiary alicyclic amines) is 1. The van der Waals surface area contributed by atoms with E-state index in [9.17, 15) is 4.79 Å². The van der Waals surface area contributed by atoms with Crippen LogP contribution in [0, 0.1) is 0 Å². The highest BCUT2D eigenvalue weighted by molar-refractivity contribution is 8.02. The summed E-state index contributed by atoms with van der Waals surface area (Å²) in [5.74, 6) is 1.05. The molecule has 1 aromatic carbocycles. The van der Waals surface area contributed by atoms with Crippen LogP contribution in [0.4, 0.5) is 0 Å². The van der Waals surface area contributed by atoms with Gasteiger partial charge in [-0.25, -0.2) is 0 Å². The van der Waals surface area contributed by atoms with E-state index in [1.54, 1.807) is 16.6 Å². The topological polar surface area (TPSA) is 23.6 Å². The van der Waals surface area contributed by atoms with Crippen molar-refractivity contribution < 1.29 is 4.79 Å². The van der Waals surface area contributed by atoms with Crippen LogP contribution in [0.2, 0.25) is 0 Å². The Morgan fingerprint density at radius 3 is 2.45 bits per heavy atom. The van der Waals surface area contributed by atoms with Crippen LogP contribution in [0.15, 0.2) is 30.3 Å². The Morgan fingerprint density at radius 2 is 1.79 bits per heavy atom. The molecule has 2 aliphatic heterocycles. The third-order valence-electron chi connectivity index (χ3n) is 6.24. The molecule has 0 radical (unpaired) electrons. The van der Waals surface area contributed by atoms with Gasteiger partial charge < -0.3 is 9.80 Å². The van der Waals surface area contributed by atoms with Crippen molar-refractivity contribution in [1.29, 1.82) is 0 Å². The van der Waals surface area contributed by atoms with Crippen LogP contribution in [0.5, 0.6) is 0 Å². The highest BCUT2D eigenvalue weighted by atomic mass is 35.5. The van der Waals surface area contributed by atoms with Gasteiger partial charge in [0.1, 0.15) is 0 Å². The number of amides is 1. The van der Waals surface area contributed by atoms with E-state index in [1.807, 2.05) is 11.3 Å². The number of carbonyl (C=O) groups excluding carboxylic acids is 1. The zero-order valence-corrected chi connectivity index (χ0v) is 20.2. The van der Waals surface area contributed by atoms with Gasteiger partial charge in [0, 0.05) is 16.1 Å². The Kier molecular flexibility index (Phi) is 7.58. The van der Waals surface area contributed by atoms with Gasteiger partial charge in [-0.2, -0.15) is 0 Å². The molecule has 3 heterocycles. The van der Waals surface area contributed by atoms with Crippen LogP contribution in [0.25, 0.3) is 10.1 Å². The van der Waals surface area contributed by atoms with Gasteiger partial charge in [0.05, 0.1) is 10.1 Å². The zero-order valence-electron chi connectivity index (χ0n) is 17.7. The molecule has 160 valence electrons. The van der Waals surface area contributed by atoms with Gasteiger partial charge in [0.15, 0.2) is 0 Å². The number of thiophene rings is 1. The third kappa shape index (κ3) is 5.12. The lowest BCUT2D eigenvalue weighted by atomic mass is 9.95. The number of benzene rings is 1. The standard InChI is InChI=1S/C23H32N2OS2.ClH/c1-17-25(22(26)23(2,3)28-17)13-7-6-12-24-14-10-18(11-15-24)21-16-19-8-4-5-9-20(19)27-21;/h4-5,8-9,16-18H,6-7,10-15H2,1-3H3;1H. The molecule has 1 amide bonds. The van der Waals surface area contributed by atoms with Gasteiger partial charge >= 0.3 is 0 Å². The number of hydrogen-bond acceptors (Lipinski definition) is 4. The molecule has 2 fully saturated rings. The van der Waals surface area contributed by atoms with Crippen LogP contribution in [-0.2, 0) is 4.79 Å². The fourth-order valence-corrected chi connectivity index (χ4v) is 7.23. The summed E-state index contributed by atoms with van der Waals surface area (Å²) in [5.41, 5.74) is 0. The number of unbranched alkanes of at least 4 members (excludes halogenated alkanes) is 1. The molecule has 0 N–H and O–H groups in total. The lowest BCUT2D eigenvalue weighted by Gasteiger charge is -2.31. The Labute approximate surface area is 189 Å². The minimum Gasteiger partial charge on any atom is -0.330 e. The SMILES string of the molecule is CC1SC(C)(C)C(=O)N1CCCCN1CCC(c2cc3ccccc3s2)CC1.Cl. The number of hydrogen-bond donors (Lipinski definition) is 0. The second-order valence-electron chi connectivity index (χ2n) is 8.74. The van der Waals surface area contributed by atoms with Crippen LogP contribution in [0.1, 0.15) is 57.2 Å². The van der Waals surface area contributed by atoms with Gasteiger partial charge in [-0.3, -0.25) is 4.79 Å². The quantitative estimate of drug-likeness (QED) is 0.503. The first-order chi connectivity index (χ1) is 13.4. The maximum Gasteiger partial charge on any atom is 0.239 e. The second-order valence-corrected chi connectivity index (χ2v) is 11.8. The smallest absolute Gasteiger partial charge is 0.239 e. The molecule has 6 heteroatoms. The van der Waals surface area contributed by atoms with Gasteiger partial charge in [-0.1, -0.05) is 18.2 Å². The van der Waals surface area contributed by atoms with E-state index in [1.165, 1.54) is 49.0 Å². The monoisotopic (exact) mass is 452 g/mol. The average Bonchev–Trinajstić information content (AvgIpc) is 3.19. The number of carbonyl (C=O) groups is 1. The van der Waals surface area contributed by atoms with Crippen molar-refractivity contribution >= 4 is 51.5 Å². The van der Waals surface area contributed by atoms with E-state index in [2.05, 4.69) is 60.9 Å². The van der Waals surface area contributed by atoms with E-state index < -0.39 is 0 Å². The molecule has 2 saturated heterocycles. The van der Waals surface area contributed by atoms with Crippen LogP contribution in [0.3, 0.4) is 0 Å². The Morgan fingerprint density at radius 1 is 1.10 bits per heavy atom. The first-order valence-electron chi connectivity index (χ1n) is 10.6. The summed E-state index contributed by atoms with van der Waals surface area (Å²) >= 11 is 3.77. The first kappa shape index (κ1) is 22.9. The Bertz CT molecular complexity index is 796. The molecular weight excluding hydrogens is 420 g/mol. The fraction of sp³-hybridized carbons (Fsp3) is 0.609. The predicted octanol–water partition coefficient (Wildman–Crippen LogP) is 5.98. The Balaban J connectivity index is 0.00000240. The zero-order chi connectivity index (χ0) is 19.7. The Hall–Kier alpha value is -0.750. The molecule has 2 aliphatic rings. The number of halogens is 1. The maximum absolute atomic E-state index is 12.5. The maximum atomic E-state index is 12.5.